The summed E-state index contributed by atoms with van der Waals surface area (Å²) in [4.78, 5) is 19.1. The van der Waals surface area contributed by atoms with Crippen LogP contribution in [0.1, 0.15) is 17.4 Å². The van der Waals surface area contributed by atoms with Crippen LogP contribution in [-0.2, 0) is 0 Å². The lowest BCUT2D eigenvalue weighted by atomic mass is 10.0. The van der Waals surface area contributed by atoms with E-state index in [9.17, 15) is 9.90 Å². The summed E-state index contributed by atoms with van der Waals surface area (Å²) in [7, 11) is -0.303. The number of carboxylic acids is 1. The van der Waals surface area contributed by atoms with Crippen molar-refractivity contribution in [2.45, 2.75) is 6.92 Å². The number of rotatable bonds is 3. The second-order valence-corrected chi connectivity index (χ2v) is 4.21. The van der Waals surface area contributed by atoms with E-state index in [4.69, 9.17) is 17.7 Å². The zero-order chi connectivity index (χ0) is 14.7. The van der Waals surface area contributed by atoms with Gasteiger partial charge in [-0.05, 0) is 19.1 Å². The molecule has 98 valence electrons. The highest BCUT2D eigenvalue weighted by Crippen LogP contribution is 2.33. The van der Waals surface area contributed by atoms with Crippen LogP contribution >= 0.6 is 11.6 Å². The highest BCUT2D eigenvalue weighted by Gasteiger charge is 2.16. The molecule has 0 aromatic carbocycles. The normalized spacial score (nSPS) is 10.9. The molecular formula is C13H11ClN2O3. The Kier molecular flexibility index (Phi) is 3.29. The number of aromatic nitrogens is 2. The van der Waals surface area contributed by atoms with Crippen molar-refractivity contribution in [3.05, 3.63) is 40.9 Å². The highest BCUT2D eigenvalue weighted by molar-refractivity contribution is 6.29. The molecule has 0 spiro atoms. The number of pyridine rings is 2. The lowest BCUT2D eigenvalue weighted by Gasteiger charge is -2.11. The molecule has 2 aromatic rings. The van der Waals surface area contributed by atoms with Gasteiger partial charge in [0.15, 0.2) is 0 Å². The molecule has 0 radical (unpaired) electrons. The fourth-order valence-electron chi connectivity index (χ4n) is 1.70. The van der Waals surface area contributed by atoms with Gasteiger partial charge < -0.3 is 9.84 Å². The van der Waals surface area contributed by atoms with Crippen molar-refractivity contribution in [3.63, 3.8) is 0 Å². The summed E-state index contributed by atoms with van der Waals surface area (Å²) in [5.74, 6) is -0.797. The largest absolute Gasteiger partial charge is 0.494 e. The highest BCUT2D eigenvalue weighted by atomic mass is 35.5. The fraction of sp³-hybridized carbons (Fsp3) is 0.154. The van der Waals surface area contributed by atoms with E-state index in [1.165, 1.54) is 18.5 Å². The van der Waals surface area contributed by atoms with E-state index >= 15 is 0 Å². The zero-order valence-electron chi connectivity index (χ0n) is 11.1. The summed E-state index contributed by atoms with van der Waals surface area (Å²) in [6, 6.07) is 3.14. The van der Waals surface area contributed by atoms with Gasteiger partial charge in [0.2, 0.25) is 0 Å². The van der Waals surface area contributed by atoms with Crippen LogP contribution in [0.25, 0.3) is 11.1 Å². The molecular weight excluding hydrogens is 268 g/mol. The van der Waals surface area contributed by atoms with Crippen molar-refractivity contribution < 1.29 is 16.0 Å². The Hall–Kier alpha value is -2.14. The molecule has 1 N–H and O–H groups in total. The number of aryl methyl sites for hydroxylation is 1. The first kappa shape index (κ1) is 11.9. The number of methoxy groups -OCH3 is 1. The van der Waals surface area contributed by atoms with Crippen molar-refractivity contribution in [1.82, 2.24) is 9.97 Å². The van der Waals surface area contributed by atoms with Gasteiger partial charge in [0.05, 0.1) is 20.2 Å². The molecule has 0 atom stereocenters. The molecule has 0 aliphatic heterocycles. The third kappa shape index (κ3) is 2.66. The molecule has 2 aromatic heterocycles. The first-order valence-electron chi connectivity index (χ1n) is 6.01. The Labute approximate surface area is 116 Å². The Bertz CT molecular complexity index is 664. The summed E-state index contributed by atoms with van der Waals surface area (Å²) in [6.45, 7) is 1.75. The Morgan fingerprint density at radius 3 is 2.84 bits per heavy atom. The van der Waals surface area contributed by atoms with Gasteiger partial charge in [0.1, 0.15) is 10.9 Å². The Morgan fingerprint density at radius 1 is 1.37 bits per heavy atom. The van der Waals surface area contributed by atoms with Crippen LogP contribution in [-0.4, -0.2) is 28.1 Å². The number of halogens is 1. The van der Waals surface area contributed by atoms with E-state index in [1.807, 2.05) is 0 Å². The number of hydrogen-bond donors (Lipinski definition) is 1. The summed E-state index contributed by atoms with van der Waals surface area (Å²) >= 11 is 5.86. The van der Waals surface area contributed by atoms with Crippen LogP contribution < -0.4 is 4.74 Å². The Balaban J connectivity index is 2.69. The van der Waals surface area contributed by atoms with Crippen molar-refractivity contribution in [1.29, 1.82) is 0 Å². The minimum Gasteiger partial charge on any atom is -0.494 e. The Morgan fingerprint density at radius 2 is 2.16 bits per heavy atom. The van der Waals surface area contributed by atoms with Crippen LogP contribution in [0.5, 0.6) is 5.75 Å². The second kappa shape index (κ2) is 5.24. The summed E-state index contributed by atoms with van der Waals surface area (Å²) in [5.41, 5.74) is 1.60. The molecule has 5 nitrogen and oxygen atoms in total. The summed E-state index contributed by atoms with van der Waals surface area (Å²) < 4.78 is 12.3. The lowest BCUT2D eigenvalue weighted by molar-refractivity contribution is 0.0697. The molecule has 0 aliphatic rings. The standard InChI is InChI=1S/C13H11ClN2O3/c1-7-3-8(10(5-15-7)13(17)18)9-4-12(14)16-6-11(9)19-2/h3-6H,1-2H3,(H,17,18)/i2D. The maximum Gasteiger partial charge on any atom is 0.337 e. The fourth-order valence-corrected chi connectivity index (χ4v) is 1.85. The van der Waals surface area contributed by atoms with Gasteiger partial charge in [-0.2, -0.15) is 0 Å². The van der Waals surface area contributed by atoms with Gasteiger partial charge in [-0.25, -0.2) is 9.78 Å². The zero-order valence-corrected chi connectivity index (χ0v) is 10.8. The molecule has 0 aliphatic carbocycles. The lowest BCUT2D eigenvalue weighted by Crippen LogP contribution is -2.02. The van der Waals surface area contributed by atoms with Gasteiger partial charge in [0.25, 0.3) is 0 Å². The number of carbonyl (C=O) groups is 1. The first-order chi connectivity index (χ1) is 9.52. The van der Waals surface area contributed by atoms with Gasteiger partial charge in [-0.1, -0.05) is 11.6 Å². The number of carboxylic acid groups (broad SMARTS) is 1. The van der Waals surface area contributed by atoms with Crippen LogP contribution in [0.3, 0.4) is 0 Å². The number of hydrogen-bond acceptors (Lipinski definition) is 4. The van der Waals surface area contributed by atoms with Crippen molar-refractivity contribution in [2.24, 2.45) is 0 Å². The third-order valence-electron chi connectivity index (χ3n) is 2.55. The van der Waals surface area contributed by atoms with Gasteiger partial charge >= 0.3 is 5.97 Å². The van der Waals surface area contributed by atoms with Gasteiger partial charge in [0, 0.05) is 23.0 Å². The molecule has 0 unspecified atom stereocenters. The first-order valence-corrected chi connectivity index (χ1v) is 5.68. The maximum atomic E-state index is 11.3. The summed E-state index contributed by atoms with van der Waals surface area (Å²) in [6.07, 6.45) is 2.65. The SMILES string of the molecule is [2H]COc1cnc(Cl)cc1-c1cc(C)ncc1C(=O)O. The minimum absolute atomic E-state index is 0.0349. The van der Waals surface area contributed by atoms with E-state index in [0.29, 0.717) is 22.6 Å². The minimum atomic E-state index is -1.10. The van der Waals surface area contributed by atoms with Crippen molar-refractivity contribution >= 4 is 17.6 Å². The molecule has 0 amide bonds. The molecule has 6 heteroatoms. The van der Waals surface area contributed by atoms with Crippen LogP contribution in [0.15, 0.2) is 24.5 Å². The van der Waals surface area contributed by atoms with Crippen molar-refractivity contribution in [2.75, 3.05) is 7.09 Å². The van der Waals surface area contributed by atoms with Gasteiger partial charge in [-0.3, -0.25) is 4.98 Å². The molecule has 2 heterocycles. The third-order valence-corrected chi connectivity index (χ3v) is 2.76. The smallest absolute Gasteiger partial charge is 0.337 e. The molecule has 0 fully saturated rings. The van der Waals surface area contributed by atoms with E-state index in [0.717, 1.165) is 0 Å². The average Bonchev–Trinajstić information content (AvgIpc) is 2.40. The van der Waals surface area contributed by atoms with E-state index in [1.54, 1.807) is 13.0 Å². The van der Waals surface area contributed by atoms with Crippen LogP contribution in [0.2, 0.25) is 5.15 Å². The van der Waals surface area contributed by atoms with Crippen molar-refractivity contribution in [3.8, 4) is 16.9 Å². The monoisotopic (exact) mass is 279 g/mol. The second-order valence-electron chi connectivity index (χ2n) is 3.82. The summed E-state index contributed by atoms with van der Waals surface area (Å²) in [5, 5.41) is 9.45. The number of aromatic carboxylic acids is 1. The topological polar surface area (TPSA) is 72.3 Å². The maximum absolute atomic E-state index is 11.3. The predicted molar refractivity (Wildman–Crippen MR) is 70.7 cm³/mol. The van der Waals surface area contributed by atoms with E-state index in [-0.39, 0.29) is 17.8 Å². The number of ether oxygens (including phenoxy) is 1. The van der Waals surface area contributed by atoms with Gasteiger partial charge in [-0.15, -0.1) is 0 Å². The molecule has 0 bridgehead atoms. The predicted octanol–water partition coefficient (Wildman–Crippen LogP) is 2.81. The molecule has 2 rings (SSSR count). The quantitative estimate of drug-likeness (QED) is 0.875. The molecule has 0 saturated heterocycles. The van der Waals surface area contributed by atoms with E-state index in [2.05, 4.69) is 9.97 Å². The van der Waals surface area contributed by atoms with E-state index < -0.39 is 5.97 Å². The molecule has 0 saturated carbocycles. The number of nitrogens with zero attached hydrogens (tertiary/aromatic N) is 2. The average molecular weight is 280 g/mol. The molecule has 19 heavy (non-hydrogen) atoms. The van der Waals surface area contributed by atoms with Crippen LogP contribution in [0.4, 0.5) is 0 Å². The van der Waals surface area contributed by atoms with Crippen LogP contribution in [0, 0.1) is 6.92 Å².